The van der Waals surface area contributed by atoms with Crippen LogP contribution in [0.2, 0.25) is 0 Å². The van der Waals surface area contributed by atoms with Crippen molar-refractivity contribution in [1.82, 2.24) is 19.7 Å². The predicted octanol–water partition coefficient (Wildman–Crippen LogP) is 7.37. The van der Waals surface area contributed by atoms with Crippen molar-refractivity contribution in [2.75, 3.05) is 20.3 Å². The number of imidazole rings is 1. The SMILES string of the molecule is CC.CC.CC.COc1cc2c(cc1-c1c(C)noc1C)ncc1nc(C3CCOCC3)n(C)c12. The fraction of sp³-hybridized carbons (Fsp3) is 0.536. The molecule has 1 aromatic carbocycles. The van der Waals surface area contributed by atoms with E-state index < -0.39 is 0 Å². The van der Waals surface area contributed by atoms with E-state index in [0.29, 0.717) is 5.92 Å². The first-order valence-electron chi connectivity index (χ1n) is 12.9. The van der Waals surface area contributed by atoms with Gasteiger partial charge in [-0.15, -0.1) is 0 Å². The van der Waals surface area contributed by atoms with Crippen LogP contribution < -0.4 is 4.74 Å². The molecule has 4 heterocycles. The molecule has 1 aliphatic heterocycles. The molecule has 0 atom stereocenters. The predicted molar refractivity (Wildman–Crippen MR) is 144 cm³/mol. The molecule has 0 aliphatic carbocycles. The van der Waals surface area contributed by atoms with Crippen molar-refractivity contribution < 1.29 is 14.0 Å². The summed E-state index contributed by atoms with van der Waals surface area (Å²) >= 11 is 0. The Morgan fingerprint density at radius 1 is 0.971 bits per heavy atom. The smallest absolute Gasteiger partial charge is 0.141 e. The number of rotatable bonds is 3. The molecule has 0 N–H and O–H groups in total. The van der Waals surface area contributed by atoms with Crippen LogP contribution in [0.15, 0.2) is 22.9 Å². The molecule has 192 valence electrons. The Kier molecular flexibility index (Phi) is 10.7. The first-order valence-corrected chi connectivity index (χ1v) is 12.9. The van der Waals surface area contributed by atoms with Crippen molar-refractivity contribution in [3.8, 4) is 16.9 Å². The maximum absolute atomic E-state index is 5.76. The number of benzene rings is 1. The molecular formula is C28H42N4O3. The molecule has 7 heteroatoms. The van der Waals surface area contributed by atoms with Crippen molar-refractivity contribution in [3.63, 3.8) is 0 Å². The molecule has 0 saturated carbocycles. The summed E-state index contributed by atoms with van der Waals surface area (Å²) in [5.74, 6) is 3.06. The molecule has 0 unspecified atom stereocenters. The average Bonchev–Trinajstić information content (AvgIpc) is 3.45. The van der Waals surface area contributed by atoms with Crippen molar-refractivity contribution in [3.05, 3.63) is 35.6 Å². The van der Waals surface area contributed by atoms with E-state index in [1.54, 1.807) is 7.11 Å². The first kappa shape index (κ1) is 28.3. The molecular weight excluding hydrogens is 440 g/mol. The van der Waals surface area contributed by atoms with E-state index in [9.17, 15) is 0 Å². The van der Waals surface area contributed by atoms with Crippen molar-refractivity contribution in [2.24, 2.45) is 7.05 Å². The number of hydrogen-bond acceptors (Lipinski definition) is 6. The Morgan fingerprint density at radius 3 is 2.20 bits per heavy atom. The molecule has 0 radical (unpaired) electrons. The fourth-order valence-electron chi connectivity index (χ4n) is 4.49. The number of methoxy groups -OCH3 is 1. The molecule has 0 amide bonds. The summed E-state index contributed by atoms with van der Waals surface area (Å²) in [5.41, 5.74) is 5.63. The lowest BCUT2D eigenvalue weighted by atomic mass is 9.99. The van der Waals surface area contributed by atoms with Crippen LogP contribution in [0.4, 0.5) is 0 Å². The summed E-state index contributed by atoms with van der Waals surface area (Å²) in [4.78, 5) is 9.63. The maximum Gasteiger partial charge on any atom is 0.141 e. The zero-order valence-electron chi connectivity index (χ0n) is 23.2. The first-order chi connectivity index (χ1) is 17.1. The van der Waals surface area contributed by atoms with Crippen LogP contribution in [0.1, 0.15) is 77.6 Å². The number of pyridine rings is 1. The quantitative estimate of drug-likeness (QED) is 0.303. The zero-order valence-corrected chi connectivity index (χ0v) is 23.2. The molecule has 3 aromatic heterocycles. The van der Waals surface area contributed by atoms with Crippen LogP contribution in [-0.2, 0) is 11.8 Å². The van der Waals surface area contributed by atoms with Gasteiger partial charge in [0.05, 0.1) is 35.6 Å². The molecule has 7 nitrogen and oxygen atoms in total. The third kappa shape index (κ3) is 5.50. The van der Waals surface area contributed by atoms with E-state index in [0.717, 1.165) is 82.1 Å². The molecule has 0 spiro atoms. The summed E-state index contributed by atoms with van der Waals surface area (Å²) in [6, 6.07) is 4.11. The minimum atomic E-state index is 0.416. The summed E-state index contributed by atoms with van der Waals surface area (Å²) in [6.07, 6.45) is 3.87. The van der Waals surface area contributed by atoms with Gasteiger partial charge in [0.2, 0.25) is 0 Å². The van der Waals surface area contributed by atoms with Gasteiger partial charge in [0, 0.05) is 37.1 Å². The van der Waals surface area contributed by atoms with Gasteiger partial charge in [-0.2, -0.15) is 0 Å². The Balaban J connectivity index is 0.000000671. The number of hydrogen-bond donors (Lipinski definition) is 0. The molecule has 1 saturated heterocycles. The van der Waals surface area contributed by atoms with Crippen molar-refractivity contribution in [2.45, 2.75) is 74.1 Å². The molecule has 35 heavy (non-hydrogen) atoms. The van der Waals surface area contributed by atoms with Gasteiger partial charge in [0.25, 0.3) is 0 Å². The highest BCUT2D eigenvalue weighted by Crippen LogP contribution is 2.39. The summed E-state index contributed by atoms with van der Waals surface area (Å²) in [5, 5.41) is 5.12. The van der Waals surface area contributed by atoms with Gasteiger partial charge in [0.15, 0.2) is 0 Å². The molecule has 1 fully saturated rings. The third-order valence-corrected chi connectivity index (χ3v) is 5.94. The van der Waals surface area contributed by atoms with Gasteiger partial charge in [-0.25, -0.2) is 4.98 Å². The second kappa shape index (κ2) is 13.2. The van der Waals surface area contributed by atoms with Gasteiger partial charge < -0.3 is 18.6 Å². The minimum absolute atomic E-state index is 0.416. The standard InChI is InChI=1S/C22H24N4O3.3C2H6/c1-12-20(13(2)29-25-12)16-9-17-15(10-19(16)27-4)21-18(11-23-17)24-22(26(21)3)14-5-7-28-8-6-14;3*1-2/h9-11,14H,5-8H2,1-4H3;3*1-2H3. The highest BCUT2D eigenvalue weighted by Gasteiger charge is 2.24. The van der Waals surface area contributed by atoms with Gasteiger partial charge in [-0.05, 0) is 38.8 Å². The average molecular weight is 483 g/mol. The van der Waals surface area contributed by atoms with Crippen LogP contribution in [-0.4, -0.2) is 40.0 Å². The van der Waals surface area contributed by atoms with Gasteiger partial charge in [-0.3, -0.25) is 4.98 Å². The van der Waals surface area contributed by atoms with Crippen molar-refractivity contribution >= 4 is 21.9 Å². The third-order valence-electron chi connectivity index (χ3n) is 5.94. The summed E-state index contributed by atoms with van der Waals surface area (Å²) in [6.45, 7) is 17.4. The lowest BCUT2D eigenvalue weighted by molar-refractivity contribution is 0.0831. The molecule has 5 rings (SSSR count). The second-order valence-electron chi connectivity index (χ2n) is 7.68. The van der Waals surface area contributed by atoms with Gasteiger partial charge >= 0.3 is 0 Å². The van der Waals surface area contributed by atoms with E-state index in [-0.39, 0.29) is 0 Å². The van der Waals surface area contributed by atoms with E-state index in [1.807, 2.05) is 61.6 Å². The van der Waals surface area contributed by atoms with Crippen LogP contribution in [0.25, 0.3) is 33.1 Å². The number of aromatic nitrogens is 4. The topological polar surface area (TPSA) is 75.2 Å². The van der Waals surface area contributed by atoms with Gasteiger partial charge in [-0.1, -0.05) is 46.7 Å². The minimum Gasteiger partial charge on any atom is -0.496 e. The largest absolute Gasteiger partial charge is 0.496 e. The highest BCUT2D eigenvalue weighted by molar-refractivity contribution is 6.05. The maximum atomic E-state index is 5.76. The Labute approximate surface area is 209 Å². The second-order valence-corrected chi connectivity index (χ2v) is 7.68. The fourth-order valence-corrected chi connectivity index (χ4v) is 4.49. The molecule has 0 bridgehead atoms. The Bertz CT molecular complexity index is 1200. The molecule has 4 aromatic rings. The van der Waals surface area contributed by atoms with E-state index in [2.05, 4.69) is 28.9 Å². The van der Waals surface area contributed by atoms with Crippen LogP contribution in [0.3, 0.4) is 0 Å². The van der Waals surface area contributed by atoms with Crippen LogP contribution in [0, 0.1) is 13.8 Å². The highest BCUT2D eigenvalue weighted by atomic mass is 16.5. The van der Waals surface area contributed by atoms with E-state index in [4.69, 9.17) is 24.0 Å². The zero-order chi connectivity index (χ0) is 26.1. The van der Waals surface area contributed by atoms with E-state index >= 15 is 0 Å². The monoisotopic (exact) mass is 482 g/mol. The van der Waals surface area contributed by atoms with Crippen LogP contribution in [0.5, 0.6) is 5.75 Å². The van der Waals surface area contributed by atoms with Crippen LogP contribution >= 0.6 is 0 Å². The summed E-state index contributed by atoms with van der Waals surface area (Å²) in [7, 11) is 3.78. The lowest BCUT2D eigenvalue weighted by Crippen LogP contribution is -2.17. The number of ether oxygens (including phenoxy) is 2. The number of fused-ring (bicyclic) bond motifs is 3. The summed E-state index contributed by atoms with van der Waals surface area (Å²) < 4.78 is 18.9. The number of aryl methyl sites for hydroxylation is 3. The number of nitrogens with zero attached hydrogens (tertiary/aromatic N) is 4. The molecule has 1 aliphatic rings. The Hall–Kier alpha value is -2.93. The Morgan fingerprint density at radius 2 is 1.63 bits per heavy atom. The normalized spacial score (nSPS) is 13.3. The van der Waals surface area contributed by atoms with Crippen molar-refractivity contribution in [1.29, 1.82) is 0 Å². The van der Waals surface area contributed by atoms with E-state index in [1.165, 1.54) is 0 Å². The lowest BCUT2D eigenvalue weighted by Gasteiger charge is -2.21. The van der Waals surface area contributed by atoms with Gasteiger partial charge in [0.1, 0.15) is 22.9 Å².